The molecule has 0 fully saturated rings. The molecule has 2 atom stereocenters. The van der Waals surface area contributed by atoms with E-state index < -0.39 is 5.97 Å². The molecule has 0 amide bonds. The van der Waals surface area contributed by atoms with Crippen molar-refractivity contribution in [2.75, 3.05) is 41.4 Å². The molecule has 2 aromatic rings. The summed E-state index contributed by atoms with van der Waals surface area (Å²) >= 11 is 0. The Balaban J connectivity index is 2.33. The fourth-order valence-corrected chi connectivity index (χ4v) is 2.42. The molecule has 158 valence electrons. The van der Waals surface area contributed by atoms with Crippen LogP contribution in [0.25, 0.3) is 11.1 Å². The number of nitrogens with zero attached hydrogens (tertiary/aromatic N) is 4. The van der Waals surface area contributed by atoms with Gasteiger partial charge in [0.15, 0.2) is 5.69 Å². The summed E-state index contributed by atoms with van der Waals surface area (Å²) in [5, 5.41) is 0. The molecule has 0 spiro atoms. The second kappa shape index (κ2) is 10.3. The quantitative estimate of drug-likeness (QED) is 0.600. The molecule has 0 N–H and O–H groups in total. The molecule has 0 aliphatic heterocycles. The van der Waals surface area contributed by atoms with Crippen molar-refractivity contribution in [3.63, 3.8) is 0 Å². The molecule has 0 saturated heterocycles. The van der Waals surface area contributed by atoms with Gasteiger partial charge in [-0.1, -0.05) is 24.3 Å². The molecule has 1 heterocycles. The molecular formula is C22H32N4O3. The first-order valence-electron chi connectivity index (χ1n) is 9.76. The van der Waals surface area contributed by atoms with Gasteiger partial charge in [-0.15, -0.1) is 0 Å². The number of aryl methyl sites for hydroxylation is 1. The van der Waals surface area contributed by atoms with Gasteiger partial charge in [-0.2, -0.15) is 4.98 Å². The second-order valence-electron chi connectivity index (χ2n) is 7.76. The normalized spacial score (nSPS) is 13.4. The smallest absolute Gasteiger partial charge is 0.357 e. The van der Waals surface area contributed by atoms with Crippen molar-refractivity contribution in [2.45, 2.75) is 32.9 Å². The summed E-state index contributed by atoms with van der Waals surface area (Å²) in [6.07, 6.45) is 1.64. The molecule has 7 heteroatoms. The van der Waals surface area contributed by atoms with Gasteiger partial charge >= 0.3 is 12.0 Å². The highest BCUT2D eigenvalue weighted by atomic mass is 16.5. The molecule has 0 radical (unpaired) electrons. The van der Waals surface area contributed by atoms with E-state index in [0.29, 0.717) is 12.2 Å². The Morgan fingerprint density at radius 3 is 2.24 bits per heavy atom. The minimum Gasteiger partial charge on any atom is -0.462 e. The van der Waals surface area contributed by atoms with E-state index in [4.69, 9.17) is 9.47 Å². The number of hydrogen-bond donors (Lipinski definition) is 0. The van der Waals surface area contributed by atoms with E-state index in [1.54, 1.807) is 6.20 Å². The van der Waals surface area contributed by atoms with Crippen LogP contribution in [0.3, 0.4) is 0 Å². The average molecular weight is 401 g/mol. The maximum atomic E-state index is 12.9. The van der Waals surface area contributed by atoms with Gasteiger partial charge in [-0.05, 0) is 60.1 Å². The topological polar surface area (TPSA) is 67.8 Å². The fourth-order valence-electron chi connectivity index (χ4n) is 2.42. The van der Waals surface area contributed by atoms with E-state index >= 15 is 0 Å². The van der Waals surface area contributed by atoms with Crippen LogP contribution in [0.5, 0.6) is 6.01 Å². The maximum absolute atomic E-state index is 12.9. The first kappa shape index (κ1) is 22.8. The van der Waals surface area contributed by atoms with Gasteiger partial charge in [0.25, 0.3) is 0 Å². The van der Waals surface area contributed by atoms with Crippen LogP contribution in [0, 0.1) is 6.92 Å². The third-order valence-electron chi connectivity index (χ3n) is 5.07. The van der Waals surface area contributed by atoms with Crippen LogP contribution in [0.4, 0.5) is 0 Å². The fraction of sp³-hybridized carbons (Fsp3) is 0.500. The zero-order chi connectivity index (χ0) is 21.6. The second-order valence-corrected chi connectivity index (χ2v) is 7.76. The summed E-state index contributed by atoms with van der Waals surface area (Å²) in [6, 6.07) is 8.27. The predicted octanol–water partition coefficient (Wildman–Crippen LogP) is 2.89. The highest BCUT2D eigenvalue weighted by Gasteiger charge is 2.21. The zero-order valence-corrected chi connectivity index (χ0v) is 18.5. The Kier molecular flexibility index (Phi) is 8.10. The molecule has 29 heavy (non-hydrogen) atoms. The Morgan fingerprint density at radius 2 is 1.62 bits per heavy atom. The number of carbonyl (C=O) groups is 1. The number of hydrogen-bond acceptors (Lipinski definition) is 7. The SMILES string of the molecule is Cc1ccccc1-c1cnc(OCC(C)N(C)C)nc1C(=O)OCC(C)N(C)C. The van der Waals surface area contributed by atoms with E-state index in [1.807, 2.05) is 83.0 Å². The van der Waals surface area contributed by atoms with Crippen LogP contribution in [-0.4, -0.2) is 79.2 Å². The maximum Gasteiger partial charge on any atom is 0.357 e. The Morgan fingerprint density at radius 1 is 1.00 bits per heavy atom. The lowest BCUT2D eigenvalue weighted by atomic mass is 10.0. The number of rotatable bonds is 9. The van der Waals surface area contributed by atoms with E-state index in [2.05, 4.69) is 9.97 Å². The largest absolute Gasteiger partial charge is 0.462 e. The van der Waals surface area contributed by atoms with E-state index in [9.17, 15) is 4.79 Å². The summed E-state index contributed by atoms with van der Waals surface area (Å²) in [5.41, 5.74) is 2.78. The monoisotopic (exact) mass is 400 g/mol. The van der Waals surface area contributed by atoms with Crippen LogP contribution in [0.15, 0.2) is 30.5 Å². The summed E-state index contributed by atoms with van der Waals surface area (Å²) in [6.45, 7) is 6.72. The third kappa shape index (κ3) is 6.24. The van der Waals surface area contributed by atoms with Crippen molar-refractivity contribution in [3.05, 3.63) is 41.7 Å². The number of esters is 1. The predicted molar refractivity (Wildman–Crippen MR) is 114 cm³/mol. The third-order valence-corrected chi connectivity index (χ3v) is 5.07. The standard InChI is InChI=1S/C22H32N4O3/c1-15-10-8-9-11-18(15)19-12-23-22(29-14-17(3)26(6)7)24-20(19)21(27)28-13-16(2)25(4)5/h8-12,16-17H,13-14H2,1-7H3. The van der Waals surface area contributed by atoms with E-state index in [0.717, 1.165) is 11.1 Å². The van der Waals surface area contributed by atoms with Gasteiger partial charge in [-0.25, -0.2) is 9.78 Å². The van der Waals surface area contributed by atoms with Gasteiger partial charge in [-0.3, -0.25) is 0 Å². The summed E-state index contributed by atoms with van der Waals surface area (Å²) < 4.78 is 11.3. The first-order valence-corrected chi connectivity index (χ1v) is 9.76. The molecule has 1 aromatic carbocycles. The molecule has 1 aromatic heterocycles. The van der Waals surface area contributed by atoms with Gasteiger partial charge in [0.1, 0.15) is 13.2 Å². The number of aromatic nitrogens is 2. The summed E-state index contributed by atoms with van der Waals surface area (Å²) in [5.74, 6) is -0.482. The van der Waals surface area contributed by atoms with Gasteiger partial charge < -0.3 is 19.3 Å². The summed E-state index contributed by atoms with van der Waals surface area (Å²) in [4.78, 5) is 25.6. The van der Waals surface area contributed by atoms with Gasteiger partial charge in [0.05, 0.1) is 0 Å². The lowest BCUT2D eigenvalue weighted by Crippen LogP contribution is -2.31. The van der Waals surface area contributed by atoms with Crippen molar-refractivity contribution in [1.29, 1.82) is 0 Å². The molecular weight excluding hydrogens is 368 g/mol. The zero-order valence-electron chi connectivity index (χ0n) is 18.5. The Labute approximate surface area is 173 Å². The van der Waals surface area contributed by atoms with Crippen molar-refractivity contribution in [1.82, 2.24) is 19.8 Å². The summed E-state index contributed by atoms with van der Waals surface area (Å²) in [7, 11) is 7.84. The van der Waals surface area contributed by atoms with Crippen LogP contribution >= 0.6 is 0 Å². The lowest BCUT2D eigenvalue weighted by Gasteiger charge is -2.20. The molecule has 2 unspecified atom stereocenters. The highest BCUT2D eigenvalue weighted by Crippen LogP contribution is 2.27. The van der Waals surface area contributed by atoms with Gasteiger partial charge in [0, 0.05) is 23.8 Å². The Bertz CT molecular complexity index is 823. The Hall–Kier alpha value is -2.51. The van der Waals surface area contributed by atoms with E-state index in [1.165, 1.54) is 0 Å². The first-order chi connectivity index (χ1) is 13.7. The van der Waals surface area contributed by atoms with Crippen molar-refractivity contribution in [3.8, 4) is 17.1 Å². The van der Waals surface area contributed by atoms with Crippen molar-refractivity contribution in [2.24, 2.45) is 0 Å². The lowest BCUT2D eigenvalue weighted by molar-refractivity contribution is 0.0409. The van der Waals surface area contributed by atoms with Crippen molar-refractivity contribution < 1.29 is 14.3 Å². The molecule has 7 nitrogen and oxygen atoms in total. The van der Waals surface area contributed by atoms with Crippen LogP contribution < -0.4 is 4.74 Å². The number of benzene rings is 1. The highest BCUT2D eigenvalue weighted by molar-refractivity contribution is 5.95. The van der Waals surface area contributed by atoms with Crippen molar-refractivity contribution >= 4 is 5.97 Å². The molecule has 0 aliphatic carbocycles. The average Bonchev–Trinajstić information content (AvgIpc) is 2.70. The van der Waals surface area contributed by atoms with Gasteiger partial charge in [0.2, 0.25) is 0 Å². The number of carbonyl (C=O) groups excluding carboxylic acids is 1. The molecule has 2 rings (SSSR count). The van der Waals surface area contributed by atoms with Crippen LogP contribution in [0.1, 0.15) is 29.9 Å². The van der Waals surface area contributed by atoms with Crippen LogP contribution in [-0.2, 0) is 4.74 Å². The number of ether oxygens (including phenoxy) is 2. The van der Waals surface area contributed by atoms with Crippen LogP contribution in [0.2, 0.25) is 0 Å². The number of likely N-dealkylation sites (N-methyl/N-ethyl adjacent to an activating group) is 2. The van der Waals surface area contributed by atoms with E-state index in [-0.39, 0.29) is 30.4 Å². The minimum absolute atomic E-state index is 0.0966. The molecule has 0 aliphatic rings. The molecule has 0 bridgehead atoms. The minimum atomic E-state index is -0.482. The molecule has 0 saturated carbocycles.